The summed E-state index contributed by atoms with van der Waals surface area (Å²) >= 11 is 0.827. The Morgan fingerprint density at radius 1 is 0.918 bits per heavy atom. The van der Waals surface area contributed by atoms with Crippen LogP contribution < -0.4 is 16.1 Å². The van der Waals surface area contributed by atoms with Crippen molar-refractivity contribution in [3.8, 4) is 16.9 Å². The third-order valence-electron chi connectivity index (χ3n) is 8.42. The van der Waals surface area contributed by atoms with Gasteiger partial charge in [0, 0.05) is 27.1 Å². The first kappa shape index (κ1) is 40.2. The van der Waals surface area contributed by atoms with Gasteiger partial charge in [0.25, 0.3) is 0 Å². The minimum Gasteiger partial charge on any atom is -0.465 e. The van der Waals surface area contributed by atoms with E-state index >= 15 is 0 Å². The van der Waals surface area contributed by atoms with Crippen LogP contribution in [0.25, 0.3) is 22.1 Å². The maximum absolute atomic E-state index is 14.1. The number of benzene rings is 2. The quantitative estimate of drug-likeness (QED) is 0.0584. The molecular weight excluding hydrogens is 672 g/mol. The van der Waals surface area contributed by atoms with Crippen LogP contribution in [0, 0.1) is 16.7 Å². The lowest BCUT2D eigenvalue weighted by Gasteiger charge is -2.43. The first-order valence-corrected chi connectivity index (χ1v) is 17.0. The third-order valence-corrected chi connectivity index (χ3v) is 9.58. The molecule has 0 aliphatic rings. The molecule has 272 valence electrons. The van der Waals surface area contributed by atoms with Gasteiger partial charge in [-0.15, -0.1) is 24.9 Å². The summed E-state index contributed by atoms with van der Waals surface area (Å²) < 4.78 is 97.0. The topological polar surface area (TPSA) is 91.8 Å². The molecule has 0 radical (unpaired) electrons. The van der Waals surface area contributed by atoms with Crippen LogP contribution in [0.5, 0.6) is 5.75 Å². The molecule has 6 nitrogen and oxygen atoms in total. The number of esters is 1. The molecule has 0 spiro atoms. The lowest BCUT2D eigenvalue weighted by molar-refractivity contribution is -0.274. The molecule has 0 amide bonds. The molecule has 2 aromatic carbocycles. The largest absolute Gasteiger partial charge is 0.573 e. The summed E-state index contributed by atoms with van der Waals surface area (Å²) in [5, 5.41) is 0.341. The molecule has 13 heteroatoms. The highest BCUT2D eigenvalue weighted by atomic mass is 32.2. The number of thioether (sulfide) groups is 1. The van der Waals surface area contributed by atoms with Gasteiger partial charge in [-0.25, -0.2) is 4.79 Å². The van der Waals surface area contributed by atoms with Crippen molar-refractivity contribution in [1.82, 2.24) is 0 Å². The average Bonchev–Trinajstić information content (AvgIpc) is 2.94. The summed E-state index contributed by atoms with van der Waals surface area (Å²) in [5.41, 5.74) is 3.07. The number of alkyl halides is 6. The number of rotatable bonds is 14. The monoisotopic (exact) mass is 717 g/mol. The van der Waals surface area contributed by atoms with Gasteiger partial charge in [-0.1, -0.05) is 58.7 Å². The van der Waals surface area contributed by atoms with Gasteiger partial charge in [-0.2, -0.15) is 13.2 Å². The standard InChI is InChI=1S/C36H45F6NO5S/c1-8-9-10-11-22-12-15-26(29(16-22)48-36(40,41)42)27-17-23-13-14-25(18-28(23)47-30(27)44)49-20-24(35(37,38)39)19-46-31(45)34(7,33(5,6)43)21-32(2,3)4/h12-18,24H,8-11,19-21,43H2,1-7H3. The van der Waals surface area contributed by atoms with Crippen molar-refractivity contribution in [1.29, 1.82) is 0 Å². The summed E-state index contributed by atoms with van der Waals surface area (Å²) in [6.45, 7) is 11.7. The minimum absolute atomic E-state index is 0.0336. The van der Waals surface area contributed by atoms with E-state index in [0.29, 0.717) is 28.7 Å². The number of hydrogen-bond acceptors (Lipinski definition) is 7. The zero-order valence-electron chi connectivity index (χ0n) is 28.9. The summed E-state index contributed by atoms with van der Waals surface area (Å²) in [6.07, 6.45) is -6.25. The molecule has 3 aromatic rings. The van der Waals surface area contributed by atoms with Gasteiger partial charge in [-0.3, -0.25) is 4.79 Å². The van der Waals surface area contributed by atoms with Crippen LogP contribution >= 0.6 is 11.8 Å². The zero-order valence-corrected chi connectivity index (χ0v) is 29.7. The normalized spacial score (nSPS) is 14.8. The fourth-order valence-electron chi connectivity index (χ4n) is 5.50. The maximum Gasteiger partial charge on any atom is 0.573 e. The van der Waals surface area contributed by atoms with Crippen molar-refractivity contribution in [3.63, 3.8) is 0 Å². The Kier molecular flexibility index (Phi) is 12.6. The molecule has 0 saturated heterocycles. The summed E-state index contributed by atoms with van der Waals surface area (Å²) in [7, 11) is 0. The predicted octanol–water partition coefficient (Wildman–Crippen LogP) is 10.1. The smallest absolute Gasteiger partial charge is 0.465 e. The second-order valence-corrected chi connectivity index (χ2v) is 15.5. The molecule has 0 bridgehead atoms. The zero-order chi connectivity index (χ0) is 37.0. The Labute approximate surface area is 287 Å². The van der Waals surface area contributed by atoms with Gasteiger partial charge in [0.2, 0.25) is 0 Å². The molecule has 0 aliphatic carbocycles. The van der Waals surface area contributed by atoms with Gasteiger partial charge >= 0.3 is 24.1 Å². The number of carbonyl (C=O) groups excluding carboxylic acids is 1. The summed E-state index contributed by atoms with van der Waals surface area (Å²) in [6, 6.07) is 10.0. The van der Waals surface area contributed by atoms with Crippen molar-refractivity contribution in [2.75, 3.05) is 12.4 Å². The van der Waals surface area contributed by atoms with E-state index in [1.54, 1.807) is 26.8 Å². The fourth-order valence-corrected chi connectivity index (χ4v) is 6.53. The number of carbonyl (C=O) groups is 1. The van der Waals surface area contributed by atoms with Crippen molar-refractivity contribution in [2.45, 2.75) is 104 Å². The van der Waals surface area contributed by atoms with Crippen LogP contribution in [0.15, 0.2) is 56.6 Å². The Hall–Kier alpha value is -3.19. The van der Waals surface area contributed by atoms with Crippen molar-refractivity contribution >= 4 is 28.7 Å². The molecule has 3 rings (SSSR count). The predicted molar refractivity (Wildman–Crippen MR) is 180 cm³/mol. The molecular formula is C36H45F6NO5S. The number of nitrogens with two attached hydrogens (primary N) is 1. The number of halogens is 6. The molecule has 2 unspecified atom stereocenters. The highest BCUT2D eigenvalue weighted by molar-refractivity contribution is 7.99. The SMILES string of the molecule is CCCCCc1ccc(-c2cc3ccc(SCC(COC(=O)C(C)(CC(C)(C)C)C(C)(C)N)C(F)(F)F)cc3oc2=O)c(OC(F)(F)F)c1. The van der Waals surface area contributed by atoms with Crippen molar-refractivity contribution in [3.05, 3.63) is 58.4 Å². The Balaban J connectivity index is 1.84. The highest BCUT2D eigenvalue weighted by Gasteiger charge is 2.49. The van der Waals surface area contributed by atoms with Crippen LogP contribution in [0.3, 0.4) is 0 Å². The summed E-state index contributed by atoms with van der Waals surface area (Å²) in [4.78, 5) is 26.5. The number of aryl methyl sites for hydroxylation is 1. The molecule has 1 aromatic heterocycles. The van der Waals surface area contributed by atoms with Crippen LogP contribution in [0.4, 0.5) is 26.3 Å². The molecule has 0 saturated carbocycles. The van der Waals surface area contributed by atoms with Gasteiger partial charge in [0.05, 0.1) is 16.9 Å². The first-order valence-electron chi connectivity index (χ1n) is 16.1. The fraction of sp³-hybridized carbons (Fsp3) is 0.556. The van der Waals surface area contributed by atoms with E-state index in [2.05, 4.69) is 4.74 Å². The van der Waals surface area contributed by atoms with E-state index in [4.69, 9.17) is 14.9 Å². The van der Waals surface area contributed by atoms with E-state index < -0.39 is 59.1 Å². The Morgan fingerprint density at radius 3 is 2.16 bits per heavy atom. The van der Waals surface area contributed by atoms with Crippen molar-refractivity contribution in [2.24, 2.45) is 22.5 Å². The third kappa shape index (κ3) is 11.2. The van der Waals surface area contributed by atoms with Crippen LogP contribution in [0.2, 0.25) is 0 Å². The van der Waals surface area contributed by atoms with E-state index in [1.807, 2.05) is 27.7 Å². The number of unbranched alkanes of at least 4 members (excludes halogenated alkanes) is 2. The molecule has 2 N–H and O–H groups in total. The Morgan fingerprint density at radius 2 is 1.59 bits per heavy atom. The van der Waals surface area contributed by atoms with Crippen LogP contribution in [0.1, 0.15) is 79.7 Å². The highest BCUT2D eigenvalue weighted by Crippen LogP contribution is 2.42. The number of ether oxygens (including phenoxy) is 2. The van der Waals surface area contributed by atoms with Gasteiger partial charge < -0.3 is 19.6 Å². The van der Waals surface area contributed by atoms with Gasteiger partial charge in [0.15, 0.2) is 0 Å². The molecule has 49 heavy (non-hydrogen) atoms. The second-order valence-electron chi connectivity index (χ2n) is 14.4. The van der Waals surface area contributed by atoms with E-state index in [1.165, 1.54) is 36.4 Å². The van der Waals surface area contributed by atoms with E-state index in [0.717, 1.165) is 31.0 Å². The molecule has 0 aliphatic heterocycles. The molecule has 0 fully saturated rings. The van der Waals surface area contributed by atoms with Crippen LogP contribution in [-0.2, 0) is 16.0 Å². The first-order chi connectivity index (χ1) is 22.4. The Bertz CT molecular complexity index is 1660. The number of fused-ring (bicyclic) bond motifs is 1. The van der Waals surface area contributed by atoms with E-state index in [9.17, 15) is 35.9 Å². The van der Waals surface area contributed by atoms with Gasteiger partial charge in [-0.05, 0) is 75.3 Å². The minimum atomic E-state index is -5.00. The van der Waals surface area contributed by atoms with E-state index in [-0.39, 0.29) is 22.1 Å². The maximum atomic E-state index is 14.1. The average molecular weight is 718 g/mol. The number of hydrogen-bond donors (Lipinski definition) is 1. The molecule has 1 heterocycles. The second kappa shape index (κ2) is 15.4. The molecule has 2 atom stereocenters. The lowest BCUT2D eigenvalue weighted by Crippen LogP contribution is -2.56. The summed E-state index contributed by atoms with van der Waals surface area (Å²) in [5.74, 6) is -3.86. The lowest BCUT2D eigenvalue weighted by atomic mass is 9.65. The van der Waals surface area contributed by atoms with Crippen molar-refractivity contribution < 1.29 is 45.0 Å². The van der Waals surface area contributed by atoms with Gasteiger partial charge in [0.1, 0.15) is 17.9 Å². The van der Waals surface area contributed by atoms with Crippen LogP contribution in [-0.4, -0.2) is 36.4 Å².